The van der Waals surface area contributed by atoms with Gasteiger partial charge in [-0.05, 0) is 103 Å². The first-order chi connectivity index (χ1) is 28.2. The fourth-order valence-corrected chi connectivity index (χ4v) is 8.27. The summed E-state index contributed by atoms with van der Waals surface area (Å²) >= 11 is 0. The van der Waals surface area contributed by atoms with Gasteiger partial charge in [0.05, 0.1) is 11.0 Å². The van der Waals surface area contributed by atoms with Crippen LogP contribution in [0.15, 0.2) is 201 Å². The summed E-state index contributed by atoms with van der Waals surface area (Å²) < 4.78 is 0. The van der Waals surface area contributed by atoms with Gasteiger partial charge in [0.15, 0.2) is 0 Å². The lowest BCUT2D eigenvalue weighted by Gasteiger charge is -2.26. The molecule has 0 spiro atoms. The number of hydrogen-bond donors (Lipinski definition) is 0. The van der Waals surface area contributed by atoms with Crippen molar-refractivity contribution in [2.24, 2.45) is 0 Å². The van der Waals surface area contributed by atoms with E-state index in [0.29, 0.717) is 0 Å². The summed E-state index contributed by atoms with van der Waals surface area (Å²) in [6, 6.07) is 63.4. The van der Waals surface area contributed by atoms with Gasteiger partial charge in [-0.2, -0.15) is 0 Å². The van der Waals surface area contributed by atoms with E-state index in [-0.39, 0.29) is 0 Å². The molecule has 11 rings (SSSR count). The maximum atomic E-state index is 4.61. The zero-order valence-corrected chi connectivity index (χ0v) is 30.8. The zero-order chi connectivity index (χ0) is 37.7. The number of aromatic nitrogens is 4. The number of anilines is 3. The maximum absolute atomic E-state index is 4.61. The predicted octanol–water partition coefficient (Wildman–Crippen LogP) is 13.5. The Morgan fingerprint density at radius 1 is 0.316 bits per heavy atom. The molecule has 0 atom stereocenters. The average Bonchev–Trinajstić information content (AvgIpc) is 3.29. The SMILES string of the molecule is c1ccc2cc(-c3ccc4c(ccc5cc(N(c6ccc(-c7cccc8cncnc78)cc6)c6ccc(-c7cccc8cncnc78)cc6)ccc54)c3)ccc2c1. The normalized spacial score (nSPS) is 11.5. The van der Waals surface area contributed by atoms with E-state index in [1.54, 1.807) is 12.7 Å². The molecule has 57 heavy (non-hydrogen) atoms. The van der Waals surface area contributed by atoms with Gasteiger partial charge < -0.3 is 4.90 Å². The molecule has 5 heteroatoms. The van der Waals surface area contributed by atoms with Crippen LogP contribution >= 0.6 is 0 Å². The zero-order valence-electron chi connectivity index (χ0n) is 30.8. The van der Waals surface area contributed by atoms with Crippen molar-refractivity contribution in [3.05, 3.63) is 201 Å². The van der Waals surface area contributed by atoms with Crippen molar-refractivity contribution in [3.63, 3.8) is 0 Å². The second kappa shape index (κ2) is 13.5. The van der Waals surface area contributed by atoms with E-state index in [1.807, 2.05) is 12.4 Å². The molecule has 0 saturated heterocycles. The van der Waals surface area contributed by atoms with E-state index >= 15 is 0 Å². The molecule has 5 nitrogen and oxygen atoms in total. The topological polar surface area (TPSA) is 54.8 Å². The van der Waals surface area contributed by atoms with E-state index in [9.17, 15) is 0 Å². The average molecular weight is 728 g/mol. The van der Waals surface area contributed by atoms with Gasteiger partial charge in [-0.15, -0.1) is 0 Å². The van der Waals surface area contributed by atoms with E-state index in [1.165, 1.54) is 43.4 Å². The Morgan fingerprint density at radius 2 is 0.772 bits per heavy atom. The van der Waals surface area contributed by atoms with Crippen LogP contribution in [0.2, 0.25) is 0 Å². The number of rotatable bonds is 6. The number of hydrogen-bond acceptors (Lipinski definition) is 5. The van der Waals surface area contributed by atoms with Crippen molar-refractivity contribution < 1.29 is 0 Å². The molecule has 9 aromatic carbocycles. The minimum atomic E-state index is 0.942. The van der Waals surface area contributed by atoms with Crippen molar-refractivity contribution in [1.29, 1.82) is 0 Å². The molecule has 0 radical (unpaired) electrons. The van der Waals surface area contributed by atoms with Crippen LogP contribution in [0, 0.1) is 0 Å². The Morgan fingerprint density at radius 3 is 1.39 bits per heavy atom. The molecule has 0 aliphatic rings. The standard InChI is InChI=1S/C52H33N5/c1-2-6-37-27-38(12-11-34(37)5-1)39-19-25-47-40(28-39)13-14-41-29-46(24-26-48(41)47)57(44-20-15-35(16-21-44)49-9-3-7-42-30-53-32-55-51(42)49)45-22-17-36(18-23-45)50-10-4-8-43-31-54-33-56-52(43)50/h1-33H. The van der Waals surface area contributed by atoms with Crippen LogP contribution in [0.3, 0.4) is 0 Å². The molecular weight excluding hydrogens is 695 g/mol. The molecule has 0 aliphatic heterocycles. The first-order valence-electron chi connectivity index (χ1n) is 19.1. The lowest BCUT2D eigenvalue weighted by atomic mass is 9.96. The van der Waals surface area contributed by atoms with Crippen molar-refractivity contribution in [1.82, 2.24) is 19.9 Å². The molecular formula is C52H33N5. The Bertz CT molecular complexity index is 3170. The van der Waals surface area contributed by atoms with Crippen LogP contribution in [-0.2, 0) is 0 Å². The van der Waals surface area contributed by atoms with Gasteiger partial charge in [0.25, 0.3) is 0 Å². The van der Waals surface area contributed by atoms with Crippen molar-refractivity contribution >= 4 is 71.2 Å². The molecule has 0 bridgehead atoms. The summed E-state index contributed by atoms with van der Waals surface area (Å²) in [5, 5.41) is 9.42. The summed E-state index contributed by atoms with van der Waals surface area (Å²) in [6.45, 7) is 0. The van der Waals surface area contributed by atoms with Crippen molar-refractivity contribution in [2.45, 2.75) is 0 Å². The molecule has 0 N–H and O–H groups in total. The molecule has 0 saturated carbocycles. The summed E-state index contributed by atoms with van der Waals surface area (Å²) in [4.78, 5) is 20.0. The molecule has 11 aromatic rings. The summed E-state index contributed by atoms with van der Waals surface area (Å²) in [7, 11) is 0. The molecule has 266 valence electrons. The molecule has 0 unspecified atom stereocenters. The third-order valence-electron chi connectivity index (χ3n) is 11.1. The van der Waals surface area contributed by atoms with Crippen molar-refractivity contribution in [2.75, 3.05) is 4.90 Å². The predicted molar refractivity (Wildman–Crippen MR) is 236 cm³/mol. The van der Waals surface area contributed by atoms with E-state index < -0.39 is 0 Å². The molecule has 2 aromatic heterocycles. The highest BCUT2D eigenvalue weighted by atomic mass is 15.1. The molecule has 0 fully saturated rings. The quantitative estimate of drug-likeness (QED) is 0.160. The van der Waals surface area contributed by atoms with Gasteiger partial charge >= 0.3 is 0 Å². The summed E-state index contributed by atoms with van der Waals surface area (Å²) in [6.07, 6.45) is 6.96. The minimum Gasteiger partial charge on any atom is -0.310 e. The first kappa shape index (κ1) is 32.7. The van der Waals surface area contributed by atoms with E-state index in [0.717, 1.165) is 61.1 Å². The number of nitrogens with zero attached hydrogens (tertiary/aromatic N) is 5. The van der Waals surface area contributed by atoms with E-state index in [2.05, 4.69) is 201 Å². The second-order valence-electron chi connectivity index (χ2n) is 14.4. The van der Waals surface area contributed by atoms with E-state index in [4.69, 9.17) is 0 Å². The number of benzene rings is 9. The smallest absolute Gasteiger partial charge is 0.116 e. The number of para-hydroxylation sites is 2. The highest BCUT2D eigenvalue weighted by molar-refractivity contribution is 6.10. The van der Waals surface area contributed by atoms with Crippen molar-refractivity contribution in [3.8, 4) is 33.4 Å². The van der Waals surface area contributed by atoms with Gasteiger partial charge in [-0.3, -0.25) is 0 Å². The highest BCUT2D eigenvalue weighted by Crippen LogP contribution is 2.40. The Labute approximate surface area is 329 Å². The fourth-order valence-electron chi connectivity index (χ4n) is 8.27. The first-order valence-corrected chi connectivity index (χ1v) is 19.1. The van der Waals surface area contributed by atoms with Gasteiger partial charge in [0, 0.05) is 51.4 Å². The van der Waals surface area contributed by atoms with Gasteiger partial charge in [-0.25, -0.2) is 19.9 Å². The molecule has 2 heterocycles. The van der Waals surface area contributed by atoms with Crippen LogP contribution < -0.4 is 4.90 Å². The van der Waals surface area contributed by atoms with Crippen LogP contribution in [-0.4, -0.2) is 19.9 Å². The van der Waals surface area contributed by atoms with Gasteiger partial charge in [0.2, 0.25) is 0 Å². The van der Waals surface area contributed by atoms with Gasteiger partial charge in [-0.1, -0.05) is 127 Å². The minimum absolute atomic E-state index is 0.942. The summed E-state index contributed by atoms with van der Waals surface area (Å²) in [5.41, 5.74) is 11.9. The van der Waals surface area contributed by atoms with Crippen LogP contribution in [0.1, 0.15) is 0 Å². The van der Waals surface area contributed by atoms with Gasteiger partial charge in [0.1, 0.15) is 12.7 Å². The largest absolute Gasteiger partial charge is 0.310 e. The van der Waals surface area contributed by atoms with Crippen LogP contribution in [0.4, 0.5) is 17.1 Å². The monoisotopic (exact) mass is 727 g/mol. The Balaban J connectivity index is 1.00. The lowest BCUT2D eigenvalue weighted by molar-refractivity contribution is 1.22. The number of fused-ring (bicyclic) bond motifs is 6. The third kappa shape index (κ3) is 5.81. The lowest BCUT2D eigenvalue weighted by Crippen LogP contribution is -2.10. The molecule has 0 amide bonds. The Kier molecular flexibility index (Phi) is 7.74. The molecule has 0 aliphatic carbocycles. The Hall–Kier alpha value is -7.76. The maximum Gasteiger partial charge on any atom is 0.116 e. The highest BCUT2D eigenvalue weighted by Gasteiger charge is 2.16. The fraction of sp³-hybridized carbons (Fsp3) is 0. The third-order valence-corrected chi connectivity index (χ3v) is 11.1. The summed E-state index contributed by atoms with van der Waals surface area (Å²) in [5.74, 6) is 0. The van der Waals surface area contributed by atoms with Crippen LogP contribution in [0.5, 0.6) is 0 Å². The second-order valence-corrected chi connectivity index (χ2v) is 14.4. The van der Waals surface area contributed by atoms with Crippen LogP contribution in [0.25, 0.3) is 87.5 Å².